The Bertz CT molecular complexity index is 127. The van der Waals surface area contributed by atoms with Crippen LogP contribution < -0.4 is 0 Å². The molecule has 0 rings (SSSR count). The van der Waals surface area contributed by atoms with Gasteiger partial charge < -0.3 is 4.12 Å². The molecule has 0 aromatic carbocycles. The first kappa shape index (κ1) is 12.4. The van der Waals surface area contributed by atoms with Gasteiger partial charge in [0.1, 0.15) is 0 Å². The monoisotopic (exact) mass is 203 g/mol. The minimum atomic E-state index is -1.34. The molecule has 0 saturated carbocycles. The van der Waals surface area contributed by atoms with Crippen LogP contribution in [0.25, 0.3) is 0 Å². The van der Waals surface area contributed by atoms with Gasteiger partial charge in [-0.1, -0.05) is 19.8 Å². The van der Waals surface area contributed by atoms with E-state index in [1.54, 1.807) is 0 Å². The van der Waals surface area contributed by atoms with Crippen molar-refractivity contribution in [1.29, 1.82) is 0 Å². The van der Waals surface area contributed by atoms with Gasteiger partial charge in [0.25, 0.3) is 0 Å². The number of unbranched alkanes of at least 4 members (excludes halogenated alkanes) is 1. The van der Waals surface area contributed by atoms with E-state index in [-0.39, 0.29) is 0 Å². The summed E-state index contributed by atoms with van der Waals surface area (Å²) in [5.41, 5.74) is 0. The second-order valence-electron chi connectivity index (χ2n) is 4.93. The van der Waals surface area contributed by atoms with E-state index in [1.807, 2.05) is 0 Å². The van der Waals surface area contributed by atoms with Crippen molar-refractivity contribution in [2.24, 2.45) is 0 Å². The summed E-state index contributed by atoms with van der Waals surface area (Å²) in [4.78, 5) is 0. The Hall–Kier alpha value is 0.394. The van der Waals surface area contributed by atoms with Crippen molar-refractivity contribution in [3.63, 3.8) is 0 Å². The average molecular weight is 203 g/mol. The molecule has 0 aromatic rings. The molecule has 0 aromatic heterocycles. The first-order valence-corrected chi connectivity index (χ1v) is 11.3. The fourth-order valence-corrected chi connectivity index (χ4v) is 9.57. The summed E-state index contributed by atoms with van der Waals surface area (Å²) in [5, 5.41) is 0. The molecule has 0 heterocycles. The van der Waals surface area contributed by atoms with E-state index in [9.17, 15) is 0 Å². The maximum atomic E-state index is 6.18. The summed E-state index contributed by atoms with van der Waals surface area (Å²) >= 11 is 0. The molecule has 0 atom stereocenters. The molecule has 0 amide bonds. The number of rotatable bonds is 5. The van der Waals surface area contributed by atoms with Gasteiger partial charge in [-0.2, -0.15) is 0 Å². The van der Waals surface area contributed by atoms with E-state index in [1.165, 1.54) is 12.5 Å². The van der Waals surface area contributed by atoms with Gasteiger partial charge in [-0.15, -0.1) is 0 Å². The summed E-state index contributed by atoms with van der Waals surface area (Å²) in [6, 6.07) is 1.26. The zero-order valence-corrected chi connectivity index (χ0v) is 11.2. The highest BCUT2D eigenvalue weighted by Crippen LogP contribution is 2.20. The van der Waals surface area contributed by atoms with Crippen LogP contribution >= 0.6 is 0 Å². The lowest BCUT2D eigenvalue weighted by Crippen LogP contribution is -2.42. The molecule has 0 unspecified atom stereocenters. The minimum Gasteiger partial charge on any atom is -0.456 e. The molecule has 0 fully saturated rings. The van der Waals surface area contributed by atoms with Gasteiger partial charge in [0, 0.05) is 0 Å². The van der Waals surface area contributed by atoms with Gasteiger partial charge in [0.05, 0.1) is 0 Å². The van der Waals surface area contributed by atoms with Gasteiger partial charge in [0.2, 0.25) is 0 Å². The third-order valence-electron chi connectivity index (χ3n) is 1.61. The van der Waals surface area contributed by atoms with Crippen molar-refractivity contribution in [2.45, 2.75) is 51.6 Å². The first-order chi connectivity index (χ1) is 5.27. The smallest absolute Gasteiger partial charge is 0.173 e. The van der Waals surface area contributed by atoms with E-state index >= 15 is 0 Å². The Morgan fingerprint density at radius 2 is 1.58 bits per heavy atom. The zero-order chi connectivity index (χ0) is 9.83. The third-order valence-corrected chi connectivity index (χ3v) is 7.83. The molecule has 1 nitrogen and oxygen atoms in total. The Balaban J connectivity index is 3.86. The van der Waals surface area contributed by atoms with Gasteiger partial charge in [-0.05, 0) is 38.8 Å². The average Bonchev–Trinajstić information content (AvgIpc) is 1.78. The van der Waals surface area contributed by atoms with Crippen molar-refractivity contribution in [3.05, 3.63) is 6.92 Å². The Morgan fingerprint density at radius 1 is 1.08 bits per heavy atom. The van der Waals surface area contributed by atoms with E-state index in [4.69, 9.17) is 4.12 Å². The molecule has 0 aliphatic heterocycles. The van der Waals surface area contributed by atoms with Crippen molar-refractivity contribution in [3.8, 4) is 0 Å². The van der Waals surface area contributed by atoms with Crippen molar-refractivity contribution < 1.29 is 4.12 Å². The summed E-state index contributed by atoms with van der Waals surface area (Å²) in [6.45, 7) is 15.3. The van der Waals surface area contributed by atoms with Gasteiger partial charge in [-0.25, -0.2) is 0 Å². The highest BCUT2D eigenvalue weighted by molar-refractivity contribution is 6.84. The molecule has 1 radical (unpaired) electrons. The van der Waals surface area contributed by atoms with Gasteiger partial charge >= 0.3 is 0 Å². The Kier molecular flexibility index (Phi) is 4.73. The lowest BCUT2D eigenvalue weighted by Gasteiger charge is -2.31. The van der Waals surface area contributed by atoms with E-state index in [0.717, 1.165) is 6.42 Å². The van der Waals surface area contributed by atoms with Crippen molar-refractivity contribution in [2.75, 3.05) is 0 Å². The molecule has 0 N–H and O–H groups in total. The maximum absolute atomic E-state index is 6.18. The summed E-state index contributed by atoms with van der Waals surface area (Å²) < 4.78 is 6.18. The van der Waals surface area contributed by atoms with Crippen molar-refractivity contribution >= 4 is 16.6 Å². The Morgan fingerprint density at radius 3 is 1.92 bits per heavy atom. The largest absolute Gasteiger partial charge is 0.456 e. The molecule has 0 saturated heterocycles. The standard InChI is InChI=1S/C9H23OSi2/c1-7-8-9-12(5,6)10-11(2,3)4/h1,7-9H2,2-6H3. The van der Waals surface area contributed by atoms with Crippen LogP contribution in [0.1, 0.15) is 12.8 Å². The molecule has 12 heavy (non-hydrogen) atoms. The van der Waals surface area contributed by atoms with Gasteiger partial charge in [0.15, 0.2) is 16.6 Å². The fraction of sp³-hybridized carbons (Fsp3) is 0.889. The highest BCUT2D eigenvalue weighted by Gasteiger charge is 2.28. The zero-order valence-electron chi connectivity index (χ0n) is 9.24. The summed E-state index contributed by atoms with van der Waals surface area (Å²) in [5.74, 6) is 0. The molecular weight excluding hydrogens is 180 g/mol. The molecule has 0 aliphatic carbocycles. The van der Waals surface area contributed by atoms with Crippen LogP contribution in [0.4, 0.5) is 0 Å². The van der Waals surface area contributed by atoms with E-state index < -0.39 is 16.6 Å². The molecule has 73 valence electrons. The normalized spacial score (nSPS) is 13.5. The topological polar surface area (TPSA) is 9.23 Å². The predicted molar refractivity (Wildman–Crippen MR) is 61.3 cm³/mol. The fourth-order valence-electron chi connectivity index (χ4n) is 1.43. The molecule has 0 spiro atoms. The Labute approximate surface area is 79.8 Å². The lowest BCUT2D eigenvalue weighted by molar-refractivity contribution is 0.544. The van der Waals surface area contributed by atoms with Crippen LogP contribution in [-0.2, 0) is 4.12 Å². The summed E-state index contributed by atoms with van der Waals surface area (Å²) in [7, 11) is -2.64. The van der Waals surface area contributed by atoms with E-state index in [2.05, 4.69) is 39.7 Å². The van der Waals surface area contributed by atoms with Crippen LogP contribution in [0.15, 0.2) is 0 Å². The van der Waals surface area contributed by atoms with Crippen LogP contribution in [0.3, 0.4) is 0 Å². The summed E-state index contributed by atoms with van der Waals surface area (Å²) in [6.07, 6.45) is 2.27. The number of hydrogen-bond donors (Lipinski definition) is 0. The van der Waals surface area contributed by atoms with Crippen LogP contribution in [0, 0.1) is 6.92 Å². The quantitative estimate of drug-likeness (QED) is 0.620. The van der Waals surface area contributed by atoms with E-state index in [0.29, 0.717) is 0 Å². The van der Waals surface area contributed by atoms with Crippen LogP contribution in [-0.4, -0.2) is 16.6 Å². The second-order valence-corrected chi connectivity index (χ2v) is 14.0. The van der Waals surface area contributed by atoms with Crippen LogP contribution in [0.2, 0.25) is 38.8 Å². The third kappa shape index (κ3) is 7.07. The molecule has 3 heteroatoms. The maximum Gasteiger partial charge on any atom is 0.173 e. The molecule has 0 bridgehead atoms. The number of hydrogen-bond acceptors (Lipinski definition) is 1. The molecular formula is C9H23OSi2. The first-order valence-electron chi connectivity index (χ1n) is 4.76. The second kappa shape index (κ2) is 4.58. The predicted octanol–water partition coefficient (Wildman–Crippen LogP) is 3.66. The minimum absolute atomic E-state index is 1.05. The van der Waals surface area contributed by atoms with Crippen LogP contribution in [0.5, 0.6) is 0 Å². The van der Waals surface area contributed by atoms with Crippen molar-refractivity contribution in [1.82, 2.24) is 0 Å². The highest BCUT2D eigenvalue weighted by atomic mass is 28.4. The SMILES string of the molecule is [CH2]CCC[Si](C)(C)O[Si](C)(C)C. The molecule has 0 aliphatic rings. The lowest BCUT2D eigenvalue weighted by atomic mass is 10.4. The van der Waals surface area contributed by atoms with Gasteiger partial charge in [-0.3, -0.25) is 0 Å².